The average molecular weight is 527 g/mol. The maximum absolute atomic E-state index is 10.8. The summed E-state index contributed by atoms with van der Waals surface area (Å²) in [5.74, 6) is -0.457. The van der Waals surface area contributed by atoms with Gasteiger partial charge < -0.3 is 52.1 Å². The van der Waals surface area contributed by atoms with E-state index >= 15 is 0 Å². The van der Waals surface area contributed by atoms with Crippen molar-refractivity contribution in [1.29, 1.82) is 0 Å². The molecular formula is C24H46O12. The van der Waals surface area contributed by atoms with Crippen molar-refractivity contribution in [1.82, 2.24) is 0 Å². The van der Waals surface area contributed by atoms with Gasteiger partial charge in [0.15, 0.2) is 0 Å². The third-order valence-corrected chi connectivity index (χ3v) is 4.05. The molecule has 0 unspecified atom stereocenters. The van der Waals surface area contributed by atoms with E-state index in [-0.39, 0.29) is 6.61 Å². The molecule has 0 bridgehead atoms. The highest BCUT2D eigenvalue weighted by Gasteiger charge is 1.97. The van der Waals surface area contributed by atoms with Gasteiger partial charge in [-0.25, -0.2) is 4.79 Å². The van der Waals surface area contributed by atoms with Crippen LogP contribution in [0.4, 0.5) is 0 Å². The molecule has 0 fully saturated rings. The predicted molar refractivity (Wildman–Crippen MR) is 130 cm³/mol. The van der Waals surface area contributed by atoms with E-state index in [1.54, 1.807) is 7.11 Å². The smallest absolute Gasteiger partial charge is 0.330 e. The molecule has 12 nitrogen and oxygen atoms in total. The number of ether oxygens (including phenoxy) is 11. The minimum Gasteiger partial charge on any atom is -0.460 e. The predicted octanol–water partition coefficient (Wildman–Crippen LogP) is 0.511. The topological polar surface area (TPSA) is 119 Å². The Labute approximate surface area is 215 Å². The molecule has 0 saturated carbocycles. The Bertz CT molecular complexity index is 453. The largest absolute Gasteiger partial charge is 0.460 e. The van der Waals surface area contributed by atoms with E-state index in [0.29, 0.717) is 126 Å². The van der Waals surface area contributed by atoms with Crippen molar-refractivity contribution in [2.24, 2.45) is 0 Å². The van der Waals surface area contributed by atoms with E-state index < -0.39 is 5.97 Å². The van der Waals surface area contributed by atoms with Crippen molar-refractivity contribution < 1.29 is 56.9 Å². The van der Waals surface area contributed by atoms with E-state index in [1.807, 2.05) is 0 Å². The molecule has 0 spiro atoms. The number of hydrogen-bond acceptors (Lipinski definition) is 12. The van der Waals surface area contributed by atoms with Gasteiger partial charge in [0.2, 0.25) is 0 Å². The number of carbonyl (C=O) groups excluding carboxylic acids is 1. The SMILES string of the molecule is C=CC(=O)OCCOCCOCCOCCOCCOCCOCCOCCOCCOCCOC. The molecule has 0 aliphatic heterocycles. The maximum Gasteiger partial charge on any atom is 0.330 e. The van der Waals surface area contributed by atoms with Crippen molar-refractivity contribution in [3.05, 3.63) is 12.7 Å². The molecule has 0 radical (unpaired) electrons. The van der Waals surface area contributed by atoms with Gasteiger partial charge in [-0.1, -0.05) is 6.58 Å². The van der Waals surface area contributed by atoms with E-state index in [2.05, 4.69) is 6.58 Å². The van der Waals surface area contributed by atoms with Gasteiger partial charge in [-0.2, -0.15) is 0 Å². The van der Waals surface area contributed by atoms with Gasteiger partial charge in [-0.05, 0) is 0 Å². The third-order valence-electron chi connectivity index (χ3n) is 4.05. The van der Waals surface area contributed by atoms with Crippen LogP contribution in [0.25, 0.3) is 0 Å². The van der Waals surface area contributed by atoms with Crippen LogP contribution in [-0.2, 0) is 56.9 Å². The lowest BCUT2D eigenvalue weighted by atomic mass is 10.6. The second kappa shape index (κ2) is 31.8. The molecule has 0 aliphatic carbocycles. The van der Waals surface area contributed by atoms with Crippen molar-refractivity contribution in [3.8, 4) is 0 Å². The zero-order valence-corrected chi connectivity index (χ0v) is 21.8. The Balaban J connectivity index is 3.03. The van der Waals surface area contributed by atoms with Gasteiger partial charge in [0, 0.05) is 13.2 Å². The van der Waals surface area contributed by atoms with Gasteiger partial charge >= 0.3 is 5.97 Å². The zero-order valence-electron chi connectivity index (χ0n) is 21.8. The lowest BCUT2D eigenvalue weighted by Crippen LogP contribution is -2.15. The van der Waals surface area contributed by atoms with Crippen LogP contribution in [0.1, 0.15) is 0 Å². The summed E-state index contributed by atoms with van der Waals surface area (Å²) < 4.78 is 58.0. The molecule has 214 valence electrons. The van der Waals surface area contributed by atoms with Crippen LogP contribution >= 0.6 is 0 Å². The van der Waals surface area contributed by atoms with Crippen molar-refractivity contribution in [2.75, 3.05) is 139 Å². The van der Waals surface area contributed by atoms with Gasteiger partial charge in [-0.15, -0.1) is 0 Å². The monoisotopic (exact) mass is 526 g/mol. The molecular weight excluding hydrogens is 480 g/mol. The third kappa shape index (κ3) is 30.8. The quantitative estimate of drug-likeness (QED) is 0.0711. The molecule has 0 aliphatic rings. The number of methoxy groups -OCH3 is 1. The second-order valence-electron chi connectivity index (χ2n) is 6.88. The molecule has 0 N–H and O–H groups in total. The van der Waals surface area contributed by atoms with Crippen molar-refractivity contribution >= 4 is 5.97 Å². The molecule has 0 amide bonds. The highest BCUT2D eigenvalue weighted by molar-refractivity contribution is 5.81. The summed E-state index contributed by atoms with van der Waals surface area (Å²) in [7, 11) is 1.64. The fourth-order valence-electron chi connectivity index (χ4n) is 2.26. The standard InChI is InChI=1S/C24H46O12/c1-3-24(25)36-23-22-35-21-20-34-19-18-33-17-16-32-15-14-31-13-12-30-11-10-29-9-8-28-7-6-27-5-4-26-2/h3H,1,4-23H2,2H3. The summed E-state index contributed by atoms with van der Waals surface area (Å²) >= 11 is 0. The highest BCUT2D eigenvalue weighted by atomic mass is 16.6. The Morgan fingerprint density at radius 2 is 0.667 bits per heavy atom. The van der Waals surface area contributed by atoms with Gasteiger partial charge in [0.1, 0.15) is 6.61 Å². The van der Waals surface area contributed by atoms with Crippen molar-refractivity contribution in [3.63, 3.8) is 0 Å². The fourth-order valence-corrected chi connectivity index (χ4v) is 2.26. The van der Waals surface area contributed by atoms with Crippen LogP contribution in [0.3, 0.4) is 0 Å². The zero-order chi connectivity index (χ0) is 26.2. The first-order valence-electron chi connectivity index (χ1n) is 12.3. The summed E-state index contributed by atoms with van der Waals surface area (Å²) in [4.78, 5) is 10.8. The van der Waals surface area contributed by atoms with Gasteiger partial charge in [-0.3, -0.25) is 0 Å². The highest BCUT2D eigenvalue weighted by Crippen LogP contribution is 1.87. The molecule has 0 aromatic heterocycles. The second-order valence-corrected chi connectivity index (χ2v) is 6.88. The van der Waals surface area contributed by atoms with Crippen LogP contribution in [0.15, 0.2) is 12.7 Å². The first-order chi connectivity index (χ1) is 17.8. The molecule has 0 aromatic rings. The lowest BCUT2D eigenvalue weighted by molar-refractivity contribution is -0.139. The first-order valence-corrected chi connectivity index (χ1v) is 12.3. The Hall–Kier alpha value is -1.19. The van der Waals surface area contributed by atoms with E-state index in [9.17, 15) is 4.79 Å². The number of rotatable bonds is 31. The first kappa shape index (κ1) is 34.8. The lowest BCUT2D eigenvalue weighted by Gasteiger charge is -2.09. The number of esters is 1. The molecule has 12 heteroatoms. The molecule has 0 atom stereocenters. The van der Waals surface area contributed by atoms with E-state index in [0.717, 1.165) is 6.08 Å². The normalized spacial score (nSPS) is 11.1. The van der Waals surface area contributed by atoms with Gasteiger partial charge in [0.25, 0.3) is 0 Å². The van der Waals surface area contributed by atoms with Gasteiger partial charge in [0.05, 0.1) is 126 Å². The van der Waals surface area contributed by atoms with Crippen LogP contribution in [0.2, 0.25) is 0 Å². The Morgan fingerprint density at radius 3 is 0.889 bits per heavy atom. The van der Waals surface area contributed by atoms with Crippen LogP contribution in [0.5, 0.6) is 0 Å². The molecule has 0 aromatic carbocycles. The molecule has 0 rings (SSSR count). The maximum atomic E-state index is 10.8. The van der Waals surface area contributed by atoms with Crippen LogP contribution in [0, 0.1) is 0 Å². The summed E-state index contributed by atoms with van der Waals surface area (Å²) in [6.07, 6.45) is 1.11. The molecule has 0 saturated heterocycles. The average Bonchev–Trinajstić information content (AvgIpc) is 2.89. The molecule has 36 heavy (non-hydrogen) atoms. The van der Waals surface area contributed by atoms with E-state index in [1.165, 1.54) is 0 Å². The van der Waals surface area contributed by atoms with Crippen LogP contribution < -0.4 is 0 Å². The number of hydrogen-bond donors (Lipinski definition) is 0. The Kier molecular flexibility index (Phi) is 30.8. The van der Waals surface area contributed by atoms with E-state index in [4.69, 9.17) is 52.1 Å². The summed E-state index contributed by atoms with van der Waals surface area (Å²) in [6, 6.07) is 0. The van der Waals surface area contributed by atoms with Crippen LogP contribution in [-0.4, -0.2) is 145 Å². The summed E-state index contributed by atoms with van der Waals surface area (Å²) in [6.45, 7) is 13.0. The molecule has 0 heterocycles. The fraction of sp³-hybridized carbons (Fsp3) is 0.875. The minimum atomic E-state index is -0.457. The summed E-state index contributed by atoms with van der Waals surface area (Å²) in [5, 5.41) is 0. The number of carbonyl (C=O) groups is 1. The summed E-state index contributed by atoms with van der Waals surface area (Å²) in [5.41, 5.74) is 0. The Morgan fingerprint density at radius 1 is 0.444 bits per heavy atom. The van der Waals surface area contributed by atoms with Crippen molar-refractivity contribution in [2.45, 2.75) is 0 Å². The minimum absolute atomic E-state index is 0.202.